The molecule has 0 bridgehead atoms. The molecule has 110 valence electrons. The summed E-state index contributed by atoms with van der Waals surface area (Å²) in [6, 6.07) is 12.0. The zero-order valence-corrected chi connectivity index (χ0v) is 13.4. The summed E-state index contributed by atoms with van der Waals surface area (Å²) >= 11 is 6.10. The Bertz CT molecular complexity index is 664. The Morgan fingerprint density at radius 2 is 1.76 bits per heavy atom. The molecule has 0 unspecified atom stereocenters. The number of benzene rings is 2. The Hall–Kier alpha value is -1.80. The third kappa shape index (κ3) is 4.33. The molecule has 0 atom stereocenters. The van der Waals surface area contributed by atoms with E-state index in [2.05, 4.69) is 5.32 Å². The zero-order valence-electron chi connectivity index (χ0n) is 12.7. The van der Waals surface area contributed by atoms with E-state index in [-0.39, 0.29) is 5.91 Å². The first-order chi connectivity index (χ1) is 9.95. The first-order valence-electron chi connectivity index (χ1n) is 7.08. The average Bonchev–Trinajstić information content (AvgIpc) is 2.44. The van der Waals surface area contributed by atoms with Crippen LogP contribution in [0.25, 0.3) is 0 Å². The first-order valence-corrected chi connectivity index (χ1v) is 7.45. The molecule has 0 saturated carbocycles. The number of hydrogen-bond acceptors (Lipinski definition) is 1. The van der Waals surface area contributed by atoms with Crippen LogP contribution in [0, 0.1) is 20.8 Å². The lowest BCUT2D eigenvalue weighted by Crippen LogP contribution is -2.13. The third-order valence-corrected chi connectivity index (χ3v) is 3.95. The maximum atomic E-state index is 12.1. The fourth-order valence-electron chi connectivity index (χ4n) is 2.13. The number of anilines is 1. The molecule has 3 heteroatoms. The van der Waals surface area contributed by atoms with Gasteiger partial charge >= 0.3 is 0 Å². The van der Waals surface area contributed by atoms with Crippen LogP contribution in [0.2, 0.25) is 5.02 Å². The molecular formula is C18H20ClNO. The van der Waals surface area contributed by atoms with Crippen molar-refractivity contribution in [1.29, 1.82) is 0 Å². The van der Waals surface area contributed by atoms with Crippen LogP contribution >= 0.6 is 11.6 Å². The summed E-state index contributed by atoms with van der Waals surface area (Å²) in [7, 11) is 0. The van der Waals surface area contributed by atoms with Gasteiger partial charge in [0.25, 0.3) is 0 Å². The number of carbonyl (C=O) groups is 1. The van der Waals surface area contributed by atoms with Crippen LogP contribution in [0.1, 0.15) is 28.7 Å². The van der Waals surface area contributed by atoms with Crippen molar-refractivity contribution in [3.05, 3.63) is 63.7 Å². The highest BCUT2D eigenvalue weighted by Gasteiger charge is 2.06. The lowest BCUT2D eigenvalue weighted by atomic mass is 10.1. The van der Waals surface area contributed by atoms with Gasteiger partial charge in [-0.15, -0.1) is 0 Å². The Labute approximate surface area is 131 Å². The molecule has 0 spiro atoms. The van der Waals surface area contributed by atoms with Crippen molar-refractivity contribution >= 4 is 23.2 Å². The predicted molar refractivity (Wildman–Crippen MR) is 89.1 cm³/mol. The number of halogens is 1. The minimum atomic E-state index is 0.0281. The SMILES string of the molecule is Cc1ccc(C)c(NC(=O)CCc2ccc(C)c(Cl)c2)c1. The Kier molecular flexibility index (Phi) is 5.03. The van der Waals surface area contributed by atoms with Gasteiger partial charge in [0.05, 0.1) is 0 Å². The lowest BCUT2D eigenvalue weighted by Gasteiger charge is -2.09. The topological polar surface area (TPSA) is 29.1 Å². The molecule has 2 rings (SSSR count). The molecule has 21 heavy (non-hydrogen) atoms. The third-order valence-electron chi connectivity index (χ3n) is 3.54. The number of aryl methyl sites for hydroxylation is 4. The largest absolute Gasteiger partial charge is 0.326 e. The van der Waals surface area contributed by atoms with Crippen LogP contribution in [0.15, 0.2) is 36.4 Å². The summed E-state index contributed by atoms with van der Waals surface area (Å²) in [5.41, 5.74) is 5.25. The smallest absolute Gasteiger partial charge is 0.224 e. The molecule has 2 aromatic rings. The fourth-order valence-corrected chi connectivity index (χ4v) is 2.34. The Balaban J connectivity index is 1.95. The fraction of sp³-hybridized carbons (Fsp3) is 0.278. The molecule has 2 aromatic carbocycles. The quantitative estimate of drug-likeness (QED) is 0.860. The molecule has 0 aromatic heterocycles. The molecule has 0 saturated heterocycles. The van der Waals surface area contributed by atoms with Gasteiger partial charge < -0.3 is 5.32 Å². The van der Waals surface area contributed by atoms with Gasteiger partial charge in [-0.25, -0.2) is 0 Å². The average molecular weight is 302 g/mol. The molecular weight excluding hydrogens is 282 g/mol. The molecule has 0 aliphatic carbocycles. The van der Waals surface area contributed by atoms with Crippen molar-refractivity contribution < 1.29 is 4.79 Å². The summed E-state index contributed by atoms with van der Waals surface area (Å²) in [6.07, 6.45) is 1.14. The lowest BCUT2D eigenvalue weighted by molar-refractivity contribution is -0.116. The van der Waals surface area contributed by atoms with E-state index < -0.39 is 0 Å². The van der Waals surface area contributed by atoms with Gasteiger partial charge in [0, 0.05) is 17.1 Å². The monoisotopic (exact) mass is 301 g/mol. The van der Waals surface area contributed by atoms with Crippen molar-refractivity contribution in [2.75, 3.05) is 5.32 Å². The van der Waals surface area contributed by atoms with E-state index in [1.54, 1.807) is 0 Å². The van der Waals surface area contributed by atoms with Crippen molar-refractivity contribution in [2.24, 2.45) is 0 Å². The molecule has 0 aliphatic rings. The van der Waals surface area contributed by atoms with Crippen LogP contribution in [0.3, 0.4) is 0 Å². The van der Waals surface area contributed by atoms with Crippen LogP contribution < -0.4 is 5.32 Å². The molecule has 0 fully saturated rings. The van der Waals surface area contributed by atoms with Crippen LogP contribution in [0.4, 0.5) is 5.69 Å². The van der Waals surface area contributed by atoms with Crippen LogP contribution in [-0.4, -0.2) is 5.91 Å². The summed E-state index contributed by atoms with van der Waals surface area (Å²) < 4.78 is 0. The molecule has 1 amide bonds. The number of nitrogens with one attached hydrogen (secondary N) is 1. The molecule has 1 N–H and O–H groups in total. The summed E-state index contributed by atoms with van der Waals surface area (Å²) in [5.74, 6) is 0.0281. The number of carbonyl (C=O) groups excluding carboxylic acids is 1. The minimum absolute atomic E-state index is 0.0281. The second-order valence-electron chi connectivity index (χ2n) is 5.45. The highest BCUT2D eigenvalue weighted by molar-refractivity contribution is 6.31. The summed E-state index contributed by atoms with van der Waals surface area (Å²) in [5, 5.41) is 3.73. The van der Waals surface area contributed by atoms with Crippen molar-refractivity contribution in [3.8, 4) is 0 Å². The Morgan fingerprint density at radius 1 is 1.05 bits per heavy atom. The van der Waals surface area contributed by atoms with Crippen molar-refractivity contribution in [2.45, 2.75) is 33.6 Å². The zero-order chi connectivity index (χ0) is 15.4. The molecule has 0 radical (unpaired) electrons. The maximum absolute atomic E-state index is 12.1. The Morgan fingerprint density at radius 3 is 2.48 bits per heavy atom. The van der Waals surface area contributed by atoms with Gasteiger partial charge in [0.2, 0.25) is 5.91 Å². The van der Waals surface area contributed by atoms with E-state index in [4.69, 9.17) is 11.6 Å². The second kappa shape index (κ2) is 6.77. The van der Waals surface area contributed by atoms with E-state index in [1.807, 2.05) is 57.2 Å². The van der Waals surface area contributed by atoms with Crippen molar-refractivity contribution in [3.63, 3.8) is 0 Å². The van der Waals surface area contributed by atoms with Gasteiger partial charge in [0.1, 0.15) is 0 Å². The predicted octanol–water partition coefficient (Wildman–Crippen LogP) is 4.84. The van der Waals surface area contributed by atoms with E-state index in [9.17, 15) is 4.79 Å². The van der Waals surface area contributed by atoms with Crippen LogP contribution in [-0.2, 0) is 11.2 Å². The minimum Gasteiger partial charge on any atom is -0.326 e. The number of hydrogen-bond donors (Lipinski definition) is 1. The van der Waals surface area contributed by atoms with Gasteiger partial charge in [-0.1, -0.05) is 35.9 Å². The van der Waals surface area contributed by atoms with Crippen LogP contribution in [0.5, 0.6) is 0 Å². The normalized spacial score (nSPS) is 10.5. The maximum Gasteiger partial charge on any atom is 0.224 e. The molecule has 0 aliphatic heterocycles. The van der Waals surface area contributed by atoms with Gasteiger partial charge in [-0.3, -0.25) is 4.79 Å². The molecule has 2 nitrogen and oxygen atoms in total. The number of amides is 1. The van der Waals surface area contributed by atoms with Gasteiger partial charge in [0.15, 0.2) is 0 Å². The highest BCUT2D eigenvalue weighted by Crippen LogP contribution is 2.19. The summed E-state index contributed by atoms with van der Waals surface area (Å²) in [6.45, 7) is 5.98. The van der Waals surface area contributed by atoms with E-state index in [0.29, 0.717) is 12.8 Å². The van der Waals surface area contributed by atoms with E-state index in [0.717, 1.165) is 33.0 Å². The first kappa shape index (κ1) is 15.6. The molecule has 0 heterocycles. The van der Waals surface area contributed by atoms with Crippen molar-refractivity contribution in [1.82, 2.24) is 0 Å². The highest BCUT2D eigenvalue weighted by atomic mass is 35.5. The standard InChI is InChI=1S/C18H20ClNO/c1-12-4-5-14(3)17(10-12)20-18(21)9-8-15-7-6-13(2)16(19)11-15/h4-7,10-11H,8-9H2,1-3H3,(H,20,21). The van der Waals surface area contributed by atoms with Gasteiger partial charge in [-0.2, -0.15) is 0 Å². The number of rotatable bonds is 4. The second-order valence-corrected chi connectivity index (χ2v) is 5.86. The van der Waals surface area contributed by atoms with Gasteiger partial charge in [-0.05, 0) is 61.6 Å². The van der Waals surface area contributed by atoms with E-state index in [1.165, 1.54) is 0 Å². The summed E-state index contributed by atoms with van der Waals surface area (Å²) in [4.78, 5) is 12.1. The van der Waals surface area contributed by atoms with E-state index >= 15 is 0 Å².